The first kappa shape index (κ1) is 13.1. The molecule has 2 rings (SSSR count). The summed E-state index contributed by atoms with van der Waals surface area (Å²) in [7, 11) is 0. The first-order chi connectivity index (χ1) is 8.77. The standard InChI is InChI=1S/C13H16N2O2S/c16-15(17)12-9-5-6-10-13(12)18-14-11-7-3-1-2-4-8-11/h5-6,9-10H,1-4,7-8H2. The lowest BCUT2D eigenvalue weighted by molar-refractivity contribution is -0.387. The Balaban J connectivity index is 2.09. The van der Waals surface area contributed by atoms with Crippen LogP contribution in [0.25, 0.3) is 0 Å². The van der Waals surface area contributed by atoms with Crippen molar-refractivity contribution in [2.75, 3.05) is 0 Å². The van der Waals surface area contributed by atoms with Gasteiger partial charge in [0.15, 0.2) is 0 Å². The number of nitrogens with zero attached hydrogens (tertiary/aromatic N) is 2. The van der Waals surface area contributed by atoms with Crippen LogP contribution in [0.2, 0.25) is 0 Å². The average molecular weight is 264 g/mol. The maximum Gasteiger partial charge on any atom is 0.284 e. The van der Waals surface area contributed by atoms with Gasteiger partial charge in [0.05, 0.1) is 4.92 Å². The number of para-hydroxylation sites is 1. The Labute approximate surface area is 111 Å². The zero-order chi connectivity index (χ0) is 12.8. The second kappa shape index (κ2) is 6.54. The third-order valence-corrected chi connectivity index (χ3v) is 3.91. The molecular formula is C13H16N2O2S. The number of rotatable bonds is 3. The first-order valence-electron chi connectivity index (χ1n) is 6.23. The Morgan fingerprint density at radius 2 is 1.78 bits per heavy atom. The quantitative estimate of drug-likeness (QED) is 0.352. The van der Waals surface area contributed by atoms with Crippen LogP contribution in [0.3, 0.4) is 0 Å². The molecule has 5 heteroatoms. The summed E-state index contributed by atoms with van der Waals surface area (Å²) in [5.41, 5.74) is 1.33. The van der Waals surface area contributed by atoms with E-state index >= 15 is 0 Å². The molecule has 0 heterocycles. The highest BCUT2D eigenvalue weighted by Crippen LogP contribution is 2.30. The van der Waals surface area contributed by atoms with Gasteiger partial charge in [-0.1, -0.05) is 25.0 Å². The van der Waals surface area contributed by atoms with Crippen molar-refractivity contribution in [2.24, 2.45) is 4.40 Å². The summed E-state index contributed by atoms with van der Waals surface area (Å²) >= 11 is 1.24. The molecule has 1 aromatic carbocycles. The summed E-state index contributed by atoms with van der Waals surface area (Å²) in [5, 5.41) is 10.9. The molecule has 1 aliphatic rings. The molecule has 0 atom stereocenters. The number of hydrogen-bond donors (Lipinski definition) is 0. The molecule has 0 spiro atoms. The highest BCUT2D eigenvalue weighted by Gasteiger charge is 2.13. The van der Waals surface area contributed by atoms with Gasteiger partial charge >= 0.3 is 0 Å². The predicted molar refractivity (Wildman–Crippen MR) is 74.1 cm³/mol. The zero-order valence-corrected chi connectivity index (χ0v) is 11.0. The fraction of sp³-hybridized carbons (Fsp3) is 0.462. The summed E-state index contributed by atoms with van der Waals surface area (Å²) in [4.78, 5) is 11.1. The van der Waals surface area contributed by atoms with Crippen LogP contribution >= 0.6 is 11.9 Å². The third-order valence-electron chi connectivity index (χ3n) is 3.02. The van der Waals surface area contributed by atoms with Gasteiger partial charge in [-0.15, -0.1) is 0 Å². The molecule has 1 fully saturated rings. The number of nitro benzene ring substituents is 1. The van der Waals surface area contributed by atoms with Gasteiger partial charge < -0.3 is 0 Å². The van der Waals surface area contributed by atoms with Gasteiger partial charge in [0.25, 0.3) is 5.69 Å². The summed E-state index contributed by atoms with van der Waals surface area (Å²) in [5.74, 6) is 0. The van der Waals surface area contributed by atoms with E-state index in [1.165, 1.54) is 49.4 Å². The normalized spacial score (nSPS) is 16.1. The molecular weight excluding hydrogens is 248 g/mol. The molecule has 0 N–H and O–H groups in total. The topological polar surface area (TPSA) is 55.5 Å². The monoisotopic (exact) mass is 264 g/mol. The molecule has 0 saturated heterocycles. The van der Waals surface area contributed by atoms with E-state index < -0.39 is 0 Å². The highest BCUT2D eigenvalue weighted by atomic mass is 32.2. The second-order valence-corrected chi connectivity index (χ2v) is 5.19. The van der Waals surface area contributed by atoms with E-state index in [0.29, 0.717) is 4.90 Å². The molecule has 1 aliphatic carbocycles. The van der Waals surface area contributed by atoms with E-state index in [1.807, 2.05) is 6.07 Å². The fourth-order valence-electron chi connectivity index (χ4n) is 2.03. The molecule has 0 aromatic heterocycles. The molecule has 1 saturated carbocycles. The van der Waals surface area contributed by atoms with Crippen LogP contribution in [-0.4, -0.2) is 10.6 Å². The van der Waals surface area contributed by atoms with Gasteiger partial charge in [-0.05, 0) is 31.7 Å². The van der Waals surface area contributed by atoms with E-state index in [9.17, 15) is 10.1 Å². The van der Waals surface area contributed by atoms with E-state index in [-0.39, 0.29) is 10.6 Å². The Morgan fingerprint density at radius 1 is 1.11 bits per heavy atom. The van der Waals surface area contributed by atoms with Crippen molar-refractivity contribution >= 4 is 23.3 Å². The van der Waals surface area contributed by atoms with Crippen molar-refractivity contribution < 1.29 is 4.92 Å². The van der Waals surface area contributed by atoms with Crippen LogP contribution in [0, 0.1) is 10.1 Å². The SMILES string of the molecule is O=[N+]([O-])c1ccccc1SN=C1CCCCCC1. The molecule has 0 unspecified atom stereocenters. The van der Waals surface area contributed by atoms with E-state index in [4.69, 9.17) is 0 Å². The van der Waals surface area contributed by atoms with Crippen molar-refractivity contribution in [2.45, 2.75) is 43.4 Å². The lowest BCUT2D eigenvalue weighted by Crippen LogP contribution is -1.94. The summed E-state index contributed by atoms with van der Waals surface area (Å²) in [6.07, 6.45) is 7.00. The van der Waals surface area contributed by atoms with Crippen molar-refractivity contribution in [1.82, 2.24) is 0 Å². The molecule has 0 bridgehead atoms. The largest absolute Gasteiger partial charge is 0.284 e. The first-order valence-corrected chi connectivity index (χ1v) is 7.01. The van der Waals surface area contributed by atoms with Gasteiger partial charge in [0.2, 0.25) is 0 Å². The van der Waals surface area contributed by atoms with Crippen LogP contribution in [0.15, 0.2) is 33.6 Å². The fourth-order valence-corrected chi connectivity index (χ4v) is 2.81. The Morgan fingerprint density at radius 3 is 2.44 bits per heavy atom. The molecule has 0 aliphatic heterocycles. The molecule has 0 radical (unpaired) electrons. The molecule has 1 aromatic rings. The van der Waals surface area contributed by atoms with Crippen molar-refractivity contribution in [3.8, 4) is 0 Å². The van der Waals surface area contributed by atoms with Gasteiger partial charge in [-0.2, -0.15) is 0 Å². The Kier molecular flexibility index (Phi) is 4.75. The minimum Gasteiger partial charge on any atom is -0.258 e. The minimum atomic E-state index is -0.352. The molecule has 0 amide bonds. The smallest absolute Gasteiger partial charge is 0.258 e. The highest BCUT2D eigenvalue weighted by molar-refractivity contribution is 7.98. The zero-order valence-electron chi connectivity index (χ0n) is 10.2. The van der Waals surface area contributed by atoms with E-state index in [2.05, 4.69) is 4.40 Å². The average Bonchev–Trinajstić information content (AvgIpc) is 2.65. The predicted octanol–water partition coefficient (Wildman–Crippen LogP) is 4.40. The second-order valence-electron chi connectivity index (χ2n) is 4.39. The number of hydrogen-bond acceptors (Lipinski definition) is 4. The van der Waals surface area contributed by atoms with Crippen LogP contribution in [-0.2, 0) is 0 Å². The Hall–Kier alpha value is -1.36. The van der Waals surface area contributed by atoms with Crippen LogP contribution < -0.4 is 0 Å². The molecule has 18 heavy (non-hydrogen) atoms. The Bertz CT molecular complexity index is 450. The van der Waals surface area contributed by atoms with Gasteiger partial charge in [-0.3, -0.25) is 10.1 Å². The minimum absolute atomic E-state index is 0.139. The summed E-state index contributed by atoms with van der Waals surface area (Å²) in [6.45, 7) is 0. The van der Waals surface area contributed by atoms with Crippen molar-refractivity contribution in [3.63, 3.8) is 0 Å². The maximum atomic E-state index is 10.9. The number of nitro groups is 1. The van der Waals surface area contributed by atoms with Crippen molar-refractivity contribution in [3.05, 3.63) is 34.4 Å². The summed E-state index contributed by atoms with van der Waals surface area (Å²) in [6, 6.07) is 6.77. The maximum absolute atomic E-state index is 10.9. The molecule has 4 nitrogen and oxygen atoms in total. The summed E-state index contributed by atoms with van der Waals surface area (Å²) < 4.78 is 4.49. The third kappa shape index (κ3) is 3.57. The van der Waals surface area contributed by atoms with E-state index in [0.717, 1.165) is 12.8 Å². The lowest BCUT2D eigenvalue weighted by Gasteiger charge is -2.02. The van der Waals surface area contributed by atoms with Crippen LogP contribution in [0.5, 0.6) is 0 Å². The van der Waals surface area contributed by atoms with Gasteiger partial charge in [0.1, 0.15) is 4.90 Å². The van der Waals surface area contributed by atoms with Crippen LogP contribution in [0.4, 0.5) is 5.69 Å². The van der Waals surface area contributed by atoms with Gasteiger partial charge in [-0.25, -0.2) is 4.40 Å². The lowest BCUT2D eigenvalue weighted by atomic mass is 10.2. The number of benzene rings is 1. The molecule has 96 valence electrons. The van der Waals surface area contributed by atoms with E-state index in [1.54, 1.807) is 12.1 Å². The van der Waals surface area contributed by atoms with Crippen molar-refractivity contribution in [1.29, 1.82) is 0 Å². The van der Waals surface area contributed by atoms with Gasteiger partial charge in [0, 0.05) is 23.7 Å². The van der Waals surface area contributed by atoms with Crippen LogP contribution in [0.1, 0.15) is 38.5 Å².